The molecule has 0 aliphatic rings. The van der Waals surface area contributed by atoms with E-state index in [2.05, 4.69) is 10.3 Å². The summed E-state index contributed by atoms with van der Waals surface area (Å²) in [5.41, 5.74) is 2.56. The van der Waals surface area contributed by atoms with Crippen LogP contribution in [0.5, 0.6) is 0 Å². The Morgan fingerprint density at radius 1 is 1.29 bits per heavy atom. The number of carbonyl (C=O) groups is 2. The molecule has 0 saturated carbocycles. The van der Waals surface area contributed by atoms with Crippen molar-refractivity contribution in [3.8, 4) is 0 Å². The summed E-state index contributed by atoms with van der Waals surface area (Å²) in [4.78, 5) is 29.6. The van der Waals surface area contributed by atoms with Crippen LogP contribution >= 0.6 is 11.3 Å². The van der Waals surface area contributed by atoms with Crippen molar-refractivity contribution in [1.29, 1.82) is 0 Å². The topological polar surface area (TPSA) is 62.3 Å². The van der Waals surface area contributed by atoms with E-state index in [-0.39, 0.29) is 6.04 Å². The van der Waals surface area contributed by atoms with E-state index in [1.165, 1.54) is 16.2 Å². The number of pyridine rings is 1. The van der Waals surface area contributed by atoms with Gasteiger partial charge in [-0.2, -0.15) is 0 Å². The third-order valence-electron chi connectivity index (χ3n) is 3.39. The van der Waals surface area contributed by atoms with Gasteiger partial charge in [0.25, 0.3) is 0 Å². The maximum absolute atomic E-state index is 12.2. The average molecular weight is 303 g/mol. The van der Waals surface area contributed by atoms with Crippen molar-refractivity contribution < 1.29 is 9.59 Å². The first-order valence-corrected chi connectivity index (χ1v) is 7.46. The molecule has 0 bridgehead atoms. The van der Waals surface area contributed by atoms with E-state index in [0.717, 1.165) is 11.1 Å². The van der Waals surface area contributed by atoms with E-state index >= 15 is 0 Å². The van der Waals surface area contributed by atoms with Crippen molar-refractivity contribution in [1.82, 2.24) is 9.88 Å². The summed E-state index contributed by atoms with van der Waals surface area (Å²) in [7, 11) is 1.62. The highest BCUT2D eigenvalue weighted by molar-refractivity contribution is 7.08. The summed E-state index contributed by atoms with van der Waals surface area (Å²) in [6.45, 7) is 3.76. The Morgan fingerprint density at radius 2 is 1.95 bits per heavy atom. The van der Waals surface area contributed by atoms with Crippen molar-refractivity contribution in [3.05, 3.63) is 46.4 Å². The van der Waals surface area contributed by atoms with Crippen LogP contribution in [0.1, 0.15) is 24.1 Å². The molecule has 2 heterocycles. The maximum atomic E-state index is 12.2. The number of likely N-dealkylation sites (N-methyl/N-ethyl adjacent to an activating group) is 1. The van der Waals surface area contributed by atoms with Gasteiger partial charge in [-0.05, 0) is 42.5 Å². The number of aryl methyl sites for hydroxylation is 1. The summed E-state index contributed by atoms with van der Waals surface area (Å²) in [6, 6.07) is 3.46. The number of hydrogen-bond acceptors (Lipinski definition) is 4. The van der Waals surface area contributed by atoms with Crippen LogP contribution < -0.4 is 5.32 Å². The third kappa shape index (κ3) is 3.46. The van der Waals surface area contributed by atoms with Gasteiger partial charge in [0.05, 0.1) is 11.7 Å². The molecular formula is C15H17N3O2S. The minimum atomic E-state index is -0.625. The molecule has 0 aliphatic carbocycles. The van der Waals surface area contributed by atoms with Gasteiger partial charge in [-0.3, -0.25) is 14.6 Å². The smallest absolute Gasteiger partial charge is 0.313 e. The molecule has 0 radical (unpaired) electrons. The molecule has 2 amide bonds. The number of rotatable bonds is 3. The standard InChI is InChI=1S/C15H17N3O2S/c1-10-8-21-9-13(10)17-14(19)15(20)18(3)11(2)12-4-6-16-7-5-12/h4-9,11H,1-3H3,(H,17,19)/t11-/m1/s1. The van der Waals surface area contributed by atoms with Crippen LogP contribution in [0.15, 0.2) is 35.3 Å². The van der Waals surface area contributed by atoms with Gasteiger partial charge in [0.1, 0.15) is 0 Å². The van der Waals surface area contributed by atoms with Crippen LogP contribution in [-0.2, 0) is 9.59 Å². The predicted octanol–water partition coefficient (Wildman–Crippen LogP) is 2.61. The average Bonchev–Trinajstić information content (AvgIpc) is 2.91. The monoisotopic (exact) mass is 303 g/mol. The summed E-state index contributed by atoms with van der Waals surface area (Å²) < 4.78 is 0. The Balaban J connectivity index is 2.05. The Hall–Kier alpha value is -2.21. The number of nitrogens with zero attached hydrogens (tertiary/aromatic N) is 2. The van der Waals surface area contributed by atoms with E-state index in [9.17, 15) is 9.59 Å². The fraction of sp³-hybridized carbons (Fsp3) is 0.267. The number of aromatic nitrogens is 1. The highest BCUT2D eigenvalue weighted by Crippen LogP contribution is 2.21. The van der Waals surface area contributed by atoms with E-state index in [1.54, 1.807) is 19.4 Å². The molecule has 2 aromatic heterocycles. The largest absolute Gasteiger partial charge is 0.331 e. The first-order valence-electron chi connectivity index (χ1n) is 6.51. The lowest BCUT2D eigenvalue weighted by molar-refractivity contribution is -0.143. The van der Waals surface area contributed by atoms with Gasteiger partial charge in [0.15, 0.2) is 0 Å². The lowest BCUT2D eigenvalue weighted by atomic mass is 10.1. The Morgan fingerprint density at radius 3 is 2.52 bits per heavy atom. The highest BCUT2D eigenvalue weighted by atomic mass is 32.1. The third-order valence-corrected chi connectivity index (χ3v) is 4.25. The minimum Gasteiger partial charge on any atom is -0.331 e. The lowest BCUT2D eigenvalue weighted by Crippen LogP contribution is -2.38. The Labute approximate surface area is 127 Å². The van der Waals surface area contributed by atoms with E-state index < -0.39 is 11.8 Å². The molecule has 0 saturated heterocycles. The van der Waals surface area contributed by atoms with Gasteiger partial charge >= 0.3 is 11.8 Å². The minimum absolute atomic E-state index is 0.199. The van der Waals surface area contributed by atoms with Gasteiger partial charge in [-0.1, -0.05) is 0 Å². The zero-order valence-electron chi connectivity index (χ0n) is 12.2. The summed E-state index contributed by atoms with van der Waals surface area (Å²) in [6.07, 6.45) is 3.33. The van der Waals surface area contributed by atoms with Crippen LogP contribution in [0, 0.1) is 6.92 Å². The van der Waals surface area contributed by atoms with Crippen molar-refractivity contribution in [2.75, 3.05) is 12.4 Å². The number of thiophene rings is 1. The first-order chi connectivity index (χ1) is 10.0. The molecule has 6 heteroatoms. The predicted molar refractivity (Wildman–Crippen MR) is 83.1 cm³/mol. The Bertz CT molecular complexity index is 639. The molecule has 0 fully saturated rings. The van der Waals surface area contributed by atoms with E-state index in [0.29, 0.717) is 5.69 Å². The van der Waals surface area contributed by atoms with Crippen LogP contribution in [0.3, 0.4) is 0 Å². The molecule has 0 aliphatic heterocycles. The summed E-state index contributed by atoms with van der Waals surface area (Å²) in [5.74, 6) is -1.19. The van der Waals surface area contributed by atoms with Crippen LogP contribution in [0.2, 0.25) is 0 Å². The van der Waals surface area contributed by atoms with Crippen molar-refractivity contribution in [2.45, 2.75) is 19.9 Å². The molecule has 0 spiro atoms. The van der Waals surface area contributed by atoms with Gasteiger partial charge < -0.3 is 10.2 Å². The maximum Gasteiger partial charge on any atom is 0.313 e. The fourth-order valence-corrected chi connectivity index (χ4v) is 2.65. The molecule has 110 valence electrons. The first kappa shape index (κ1) is 15.2. The number of carbonyl (C=O) groups excluding carboxylic acids is 2. The SMILES string of the molecule is Cc1cscc1NC(=O)C(=O)N(C)[C@H](C)c1ccncc1. The van der Waals surface area contributed by atoms with E-state index in [4.69, 9.17) is 0 Å². The Kier molecular flexibility index (Phi) is 4.70. The second-order valence-electron chi connectivity index (χ2n) is 4.80. The van der Waals surface area contributed by atoms with Crippen molar-refractivity contribution in [3.63, 3.8) is 0 Å². The highest BCUT2D eigenvalue weighted by Gasteiger charge is 2.24. The van der Waals surface area contributed by atoms with Crippen LogP contribution in [0.25, 0.3) is 0 Å². The van der Waals surface area contributed by atoms with Gasteiger partial charge in [-0.25, -0.2) is 0 Å². The molecule has 2 rings (SSSR count). The number of hydrogen-bond donors (Lipinski definition) is 1. The summed E-state index contributed by atoms with van der Waals surface area (Å²) in [5, 5.41) is 6.38. The zero-order valence-corrected chi connectivity index (χ0v) is 13.0. The van der Waals surface area contributed by atoms with Crippen LogP contribution in [-0.4, -0.2) is 28.7 Å². The van der Waals surface area contributed by atoms with Gasteiger partial charge in [-0.15, -0.1) is 11.3 Å². The van der Waals surface area contributed by atoms with E-state index in [1.807, 2.05) is 36.7 Å². The normalized spacial score (nSPS) is 11.8. The second kappa shape index (κ2) is 6.49. The number of amides is 2. The zero-order chi connectivity index (χ0) is 15.4. The van der Waals surface area contributed by atoms with Gasteiger partial charge in [0, 0.05) is 24.8 Å². The molecule has 0 aromatic carbocycles. The number of nitrogens with one attached hydrogen (secondary N) is 1. The van der Waals surface area contributed by atoms with Crippen molar-refractivity contribution >= 4 is 28.8 Å². The van der Waals surface area contributed by atoms with Gasteiger partial charge in [0.2, 0.25) is 0 Å². The quantitative estimate of drug-likeness (QED) is 0.887. The number of anilines is 1. The van der Waals surface area contributed by atoms with Crippen molar-refractivity contribution in [2.24, 2.45) is 0 Å². The molecule has 1 atom stereocenters. The molecule has 0 unspecified atom stereocenters. The summed E-state index contributed by atoms with van der Waals surface area (Å²) >= 11 is 1.48. The molecular weight excluding hydrogens is 286 g/mol. The fourth-order valence-electron chi connectivity index (χ4n) is 1.87. The molecule has 1 N–H and O–H groups in total. The molecule has 21 heavy (non-hydrogen) atoms. The second-order valence-corrected chi connectivity index (χ2v) is 5.54. The molecule has 5 nitrogen and oxygen atoms in total. The van der Waals surface area contributed by atoms with Crippen LogP contribution in [0.4, 0.5) is 5.69 Å². The lowest BCUT2D eigenvalue weighted by Gasteiger charge is -2.24. The molecule has 2 aromatic rings.